The summed E-state index contributed by atoms with van der Waals surface area (Å²) in [5.41, 5.74) is 2.68. The molecule has 0 fully saturated rings. The monoisotopic (exact) mass is 410 g/mol. The molecule has 0 radical (unpaired) electrons. The Morgan fingerprint density at radius 2 is 2.03 bits per heavy atom. The van der Waals surface area contributed by atoms with Gasteiger partial charge in [-0.3, -0.25) is 4.79 Å². The number of hydrogen-bond acceptors (Lipinski definition) is 6. The summed E-state index contributed by atoms with van der Waals surface area (Å²) in [5, 5.41) is 16.5. The fourth-order valence-corrected chi connectivity index (χ4v) is 3.51. The van der Waals surface area contributed by atoms with Crippen LogP contribution in [0.2, 0.25) is 0 Å². The van der Waals surface area contributed by atoms with Crippen molar-refractivity contribution in [2.45, 2.75) is 32.7 Å². The van der Waals surface area contributed by atoms with Crippen molar-refractivity contribution in [3.05, 3.63) is 53.5 Å². The number of aromatic nitrogens is 3. The van der Waals surface area contributed by atoms with Gasteiger partial charge in [0.1, 0.15) is 0 Å². The highest BCUT2D eigenvalue weighted by Crippen LogP contribution is 2.34. The number of carbonyl (C=O) groups is 1. The first-order valence-electron chi connectivity index (χ1n) is 10.2. The molecule has 3 aromatic rings. The summed E-state index contributed by atoms with van der Waals surface area (Å²) < 4.78 is 13.1. The SMILES string of the molecule is CC(C)C(NC(=O)c1cc2ncc(CCO)cn2n1)c1ccc2c(c1)OCCCO2. The Bertz CT molecular complexity index is 1050. The van der Waals surface area contributed by atoms with Gasteiger partial charge in [0.2, 0.25) is 0 Å². The Balaban J connectivity index is 1.56. The van der Waals surface area contributed by atoms with Gasteiger partial charge in [-0.15, -0.1) is 0 Å². The lowest BCUT2D eigenvalue weighted by Gasteiger charge is -2.23. The van der Waals surface area contributed by atoms with Gasteiger partial charge < -0.3 is 19.9 Å². The van der Waals surface area contributed by atoms with Crippen molar-refractivity contribution in [1.82, 2.24) is 19.9 Å². The molecule has 1 aliphatic rings. The zero-order chi connectivity index (χ0) is 21.1. The van der Waals surface area contributed by atoms with Crippen LogP contribution in [0.3, 0.4) is 0 Å². The van der Waals surface area contributed by atoms with E-state index < -0.39 is 0 Å². The molecule has 3 heterocycles. The van der Waals surface area contributed by atoms with E-state index in [1.165, 1.54) is 0 Å². The second-order valence-corrected chi connectivity index (χ2v) is 7.72. The second-order valence-electron chi connectivity index (χ2n) is 7.72. The number of aliphatic hydroxyl groups is 1. The van der Waals surface area contributed by atoms with Gasteiger partial charge in [0.15, 0.2) is 22.8 Å². The molecule has 8 nitrogen and oxygen atoms in total. The van der Waals surface area contributed by atoms with Crippen molar-refractivity contribution in [3.8, 4) is 11.5 Å². The molecule has 0 saturated heterocycles. The van der Waals surface area contributed by atoms with Gasteiger partial charge in [0, 0.05) is 31.5 Å². The fourth-order valence-electron chi connectivity index (χ4n) is 3.51. The van der Waals surface area contributed by atoms with Crippen LogP contribution < -0.4 is 14.8 Å². The molecule has 2 aromatic heterocycles. The molecule has 0 aliphatic carbocycles. The third kappa shape index (κ3) is 4.23. The highest BCUT2D eigenvalue weighted by Gasteiger charge is 2.23. The predicted molar refractivity (Wildman–Crippen MR) is 111 cm³/mol. The lowest BCUT2D eigenvalue weighted by molar-refractivity contribution is 0.0920. The number of aliphatic hydroxyl groups excluding tert-OH is 1. The quantitative estimate of drug-likeness (QED) is 0.648. The van der Waals surface area contributed by atoms with Crippen LogP contribution >= 0.6 is 0 Å². The van der Waals surface area contributed by atoms with E-state index >= 15 is 0 Å². The van der Waals surface area contributed by atoms with E-state index in [-0.39, 0.29) is 24.5 Å². The van der Waals surface area contributed by atoms with E-state index in [9.17, 15) is 4.79 Å². The number of benzene rings is 1. The average Bonchev–Trinajstić information content (AvgIpc) is 3.01. The molecule has 0 bridgehead atoms. The molecule has 8 heteroatoms. The lowest BCUT2D eigenvalue weighted by Crippen LogP contribution is -2.32. The van der Waals surface area contributed by atoms with Crippen molar-refractivity contribution in [2.75, 3.05) is 19.8 Å². The minimum atomic E-state index is -0.269. The number of nitrogens with zero attached hydrogens (tertiary/aromatic N) is 3. The number of hydrogen-bond donors (Lipinski definition) is 2. The van der Waals surface area contributed by atoms with E-state index in [2.05, 4.69) is 29.2 Å². The Morgan fingerprint density at radius 1 is 1.23 bits per heavy atom. The van der Waals surface area contributed by atoms with Gasteiger partial charge in [-0.25, -0.2) is 9.50 Å². The lowest BCUT2D eigenvalue weighted by atomic mass is 9.95. The zero-order valence-corrected chi connectivity index (χ0v) is 17.2. The molecular weight excluding hydrogens is 384 g/mol. The molecular formula is C22H26N4O4. The largest absolute Gasteiger partial charge is 0.490 e. The van der Waals surface area contributed by atoms with Gasteiger partial charge in [-0.2, -0.15) is 5.10 Å². The maximum absolute atomic E-state index is 12.9. The fraction of sp³-hybridized carbons (Fsp3) is 0.409. The van der Waals surface area contributed by atoms with Crippen LogP contribution in [0, 0.1) is 5.92 Å². The zero-order valence-electron chi connectivity index (χ0n) is 17.2. The summed E-state index contributed by atoms with van der Waals surface area (Å²) in [6, 6.07) is 7.25. The molecule has 2 N–H and O–H groups in total. The third-order valence-corrected chi connectivity index (χ3v) is 5.08. The summed E-state index contributed by atoms with van der Waals surface area (Å²) in [7, 11) is 0. The van der Waals surface area contributed by atoms with Gasteiger partial charge in [0.25, 0.3) is 5.91 Å². The van der Waals surface area contributed by atoms with Crippen molar-refractivity contribution in [1.29, 1.82) is 0 Å². The minimum absolute atomic E-state index is 0.0351. The van der Waals surface area contributed by atoms with Crippen molar-refractivity contribution in [3.63, 3.8) is 0 Å². The van der Waals surface area contributed by atoms with Gasteiger partial charge in [0.05, 0.1) is 19.3 Å². The van der Waals surface area contributed by atoms with Crippen LogP contribution in [0.25, 0.3) is 5.65 Å². The second kappa shape index (κ2) is 8.71. The number of amides is 1. The summed E-state index contributed by atoms with van der Waals surface area (Å²) in [4.78, 5) is 17.3. The molecule has 0 saturated carbocycles. The first-order chi connectivity index (χ1) is 14.5. The standard InChI is InChI=1S/C22H26N4O4/c1-14(2)21(16-4-5-18-19(10-16)30-9-3-8-29-18)24-22(28)17-11-20-23-12-15(6-7-27)13-26(20)25-17/h4-5,10-14,21,27H,3,6-9H2,1-2H3,(H,24,28). The molecule has 158 valence electrons. The smallest absolute Gasteiger partial charge is 0.272 e. The van der Waals surface area contributed by atoms with E-state index in [1.54, 1.807) is 23.0 Å². The number of nitrogens with one attached hydrogen (secondary N) is 1. The number of ether oxygens (including phenoxy) is 2. The Kier molecular flexibility index (Phi) is 5.85. The molecule has 1 unspecified atom stereocenters. The van der Waals surface area contributed by atoms with Gasteiger partial charge in [-0.05, 0) is 35.6 Å². The summed E-state index contributed by atoms with van der Waals surface area (Å²) in [5.74, 6) is 1.33. The minimum Gasteiger partial charge on any atom is -0.490 e. The third-order valence-electron chi connectivity index (χ3n) is 5.08. The van der Waals surface area contributed by atoms with E-state index in [0.29, 0.717) is 36.7 Å². The molecule has 4 rings (SSSR count). The maximum atomic E-state index is 12.9. The molecule has 1 aromatic carbocycles. The summed E-state index contributed by atoms with van der Waals surface area (Å²) in [6.45, 7) is 5.40. The van der Waals surface area contributed by atoms with Crippen molar-refractivity contribution in [2.24, 2.45) is 5.92 Å². The maximum Gasteiger partial charge on any atom is 0.272 e. The molecule has 1 aliphatic heterocycles. The number of rotatable bonds is 6. The molecule has 1 atom stereocenters. The Hall–Kier alpha value is -3.13. The van der Waals surface area contributed by atoms with Gasteiger partial charge >= 0.3 is 0 Å². The molecule has 1 amide bonds. The summed E-state index contributed by atoms with van der Waals surface area (Å²) >= 11 is 0. The highest BCUT2D eigenvalue weighted by atomic mass is 16.5. The van der Waals surface area contributed by atoms with Crippen LogP contribution in [0.4, 0.5) is 0 Å². The Labute approximate surface area is 174 Å². The topological polar surface area (TPSA) is 98.0 Å². The van der Waals surface area contributed by atoms with Crippen LogP contribution in [0.1, 0.15) is 47.9 Å². The predicted octanol–water partition coefficient (Wildman–Crippen LogP) is 2.55. The number of fused-ring (bicyclic) bond motifs is 2. The summed E-state index contributed by atoms with van der Waals surface area (Å²) in [6.07, 6.45) is 4.79. The van der Waals surface area contributed by atoms with Gasteiger partial charge in [-0.1, -0.05) is 19.9 Å². The van der Waals surface area contributed by atoms with E-state index in [4.69, 9.17) is 14.6 Å². The van der Waals surface area contributed by atoms with E-state index in [0.717, 1.165) is 23.3 Å². The highest BCUT2D eigenvalue weighted by molar-refractivity contribution is 5.93. The van der Waals surface area contributed by atoms with Crippen LogP contribution in [0.15, 0.2) is 36.7 Å². The van der Waals surface area contributed by atoms with Crippen molar-refractivity contribution >= 4 is 11.6 Å². The van der Waals surface area contributed by atoms with E-state index in [1.807, 2.05) is 18.2 Å². The van der Waals surface area contributed by atoms with Crippen LogP contribution in [-0.2, 0) is 6.42 Å². The first-order valence-corrected chi connectivity index (χ1v) is 10.2. The van der Waals surface area contributed by atoms with Crippen molar-refractivity contribution < 1.29 is 19.4 Å². The van der Waals surface area contributed by atoms with Crippen LogP contribution in [0.5, 0.6) is 11.5 Å². The number of carbonyl (C=O) groups excluding carboxylic acids is 1. The Morgan fingerprint density at radius 3 is 2.80 bits per heavy atom. The molecule has 0 spiro atoms. The normalized spacial score (nSPS) is 14.5. The average molecular weight is 410 g/mol. The van der Waals surface area contributed by atoms with Crippen LogP contribution in [-0.4, -0.2) is 45.4 Å². The molecule has 30 heavy (non-hydrogen) atoms. The first kappa shape index (κ1) is 20.2.